The fraction of sp³-hybridized carbons (Fsp3) is 0.538. The van der Waals surface area contributed by atoms with Crippen LogP contribution in [-0.4, -0.2) is 0 Å². The first-order valence-corrected chi connectivity index (χ1v) is 7.49. The van der Waals surface area contributed by atoms with Crippen LogP contribution in [0.15, 0.2) is 18.2 Å². The van der Waals surface area contributed by atoms with Crippen molar-refractivity contribution in [3.8, 4) is 0 Å². The summed E-state index contributed by atoms with van der Waals surface area (Å²) in [4.78, 5) is 0. The highest BCUT2D eigenvalue weighted by molar-refractivity contribution is 14.1. The van der Waals surface area contributed by atoms with Gasteiger partial charge >= 0.3 is 0 Å². The highest BCUT2D eigenvalue weighted by atomic mass is 127. The Labute approximate surface area is 122 Å². The number of halogens is 2. The Balaban J connectivity index is 2.89. The van der Waals surface area contributed by atoms with E-state index in [-0.39, 0.29) is 6.04 Å². The molecule has 0 amide bonds. The van der Waals surface area contributed by atoms with Gasteiger partial charge in [-0.2, -0.15) is 0 Å². The van der Waals surface area contributed by atoms with E-state index in [4.69, 9.17) is 17.4 Å². The average molecular weight is 367 g/mol. The Morgan fingerprint density at radius 1 is 1.35 bits per heavy atom. The Kier molecular flexibility index (Phi) is 6.77. The molecule has 17 heavy (non-hydrogen) atoms. The molecule has 3 N–H and O–H groups in total. The van der Waals surface area contributed by atoms with Gasteiger partial charge in [-0.1, -0.05) is 38.3 Å². The summed E-state index contributed by atoms with van der Waals surface area (Å²) in [6.07, 6.45) is 3.43. The minimum atomic E-state index is 0.186. The normalized spacial score (nSPS) is 13.1. The Morgan fingerprint density at radius 3 is 2.53 bits per heavy atom. The lowest BCUT2D eigenvalue weighted by Crippen LogP contribution is -2.30. The van der Waals surface area contributed by atoms with E-state index in [0.717, 1.165) is 11.4 Å². The zero-order chi connectivity index (χ0) is 12.8. The molecule has 1 aromatic rings. The number of benzene rings is 1. The van der Waals surface area contributed by atoms with Gasteiger partial charge in [-0.05, 0) is 58.7 Å². The first-order chi connectivity index (χ1) is 8.12. The largest absolute Gasteiger partial charge is 0.271 e. The van der Waals surface area contributed by atoms with Gasteiger partial charge in [0.2, 0.25) is 0 Å². The van der Waals surface area contributed by atoms with E-state index in [9.17, 15) is 0 Å². The van der Waals surface area contributed by atoms with Gasteiger partial charge in [0, 0.05) is 14.6 Å². The first kappa shape index (κ1) is 15.2. The fourth-order valence-electron chi connectivity index (χ4n) is 2.02. The molecule has 0 aliphatic rings. The molecule has 0 heterocycles. The van der Waals surface area contributed by atoms with Crippen LogP contribution in [0.1, 0.15) is 44.7 Å². The van der Waals surface area contributed by atoms with Crippen molar-refractivity contribution in [2.24, 2.45) is 11.8 Å². The summed E-state index contributed by atoms with van der Waals surface area (Å²) in [6.45, 7) is 4.45. The monoisotopic (exact) mass is 366 g/mol. The van der Waals surface area contributed by atoms with E-state index in [0.29, 0.717) is 5.92 Å². The number of rotatable bonds is 6. The molecule has 4 heteroatoms. The minimum absolute atomic E-state index is 0.186. The van der Waals surface area contributed by atoms with Gasteiger partial charge in [0.05, 0.1) is 0 Å². The van der Waals surface area contributed by atoms with Gasteiger partial charge in [0.1, 0.15) is 0 Å². The standard InChI is InChI=1S/C13H20ClIN2/c1-3-9(4-2)7-13(17-16)11-8-10(14)5-6-12(11)15/h5-6,8-9,13,17H,3-4,7,16H2,1-2H3. The zero-order valence-corrected chi connectivity index (χ0v) is 13.3. The first-order valence-electron chi connectivity index (χ1n) is 6.03. The molecular weight excluding hydrogens is 347 g/mol. The smallest absolute Gasteiger partial charge is 0.0473 e. The molecule has 0 fully saturated rings. The molecule has 1 aromatic carbocycles. The van der Waals surface area contributed by atoms with Crippen molar-refractivity contribution in [2.45, 2.75) is 39.2 Å². The van der Waals surface area contributed by atoms with Crippen molar-refractivity contribution in [3.63, 3.8) is 0 Å². The molecule has 1 unspecified atom stereocenters. The third-order valence-corrected chi connectivity index (χ3v) is 4.48. The van der Waals surface area contributed by atoms with Crippen molar-refractivity contribution >= 4 is 34.2 Å². The number of nitrogens with two attached hydrogens (primary N) is 1. The van der Waals surface area contributed by atoms with Crippen molar-refractivity contribution in [3.05, 3.63) is 32.4 Å². The maximum atomic E-state index is 6.05. The highest BCUT2D eigenvalue weighted by Crippen LogP contribution is 2.29. The lowest BCUT2D eigenvalue weighted by atomic mass is 9.91. The third-order valence-electron chi connectivity index (χ3n) is 3.26. The number of hydrogen-bond acceptors (Lipinski definition) is 2. The Morgan fingerprint density at radius 2 is 2.00 bits per heavy atom. The fourth-order valence-corrected chi connectivity index (χ4v) is 2.91. The van der Waals surface area contributed by atoms with Gasteiger partial charge in [-0.15, -0.1) is 0 Å². The van der Waals surface area contributed by atoms with Crippen molar-refractivity contribution in [1.82, 2.24) is 5.43 Å². The van der Waals surface area contributed by atoms with Crippen molar-refractivity contribution in [1.29, 1.82) is 0 Å². The second-order valence-corrected chi connectivity index (χ2v) is 5.90. The summed E-state index contributed by atoms with van der Waals surface area (Å²) in [5, 5.41) is 0.769. The van der Waals surface area contributed by atoms with Crippen LogP contribution in [0, 0.1) is 9.49 Å². The van der Waals surface area contributed by atoms with E-state index in [2.05, 4.69) is 41.9 Å². The van der Waals surface area contributed by atoms with E-state index < -0.39 is 0 Å². The quantitative estimate of drug-likeness (QED) is 0.448. The third kappa shape index (κ3) is 4.39. The summed E-state index contributed by atoms with van der Waals surface area (Å²) in [7, 11) is 0. The predicted molar refractivity (Wildman–Crippen MR) is 82.9 cm³/mol. The maximum Gasteiger partial charge on any atom is 0.0473 e. The van der Waals surface area contributed by atoms with Crippen LogP contribution in [0.25, 0.3) is 0 Å². The molecule has 1 atom stereocenters. The molecule has 0 radical (unpaired) electrons. The van der Waals surface area contributed by atoms with Crippen LogP contribution < -0.4 is 11.3 Å². The number of hydrogen-bond donors (Lipinski definition) is 2. The van der Waals surface area contributed by atoms with E-state index in [1.807, 2.05) is 18.2 Å². The molecule has 0 aromatic heterocycles. The molecule has 96 valence electrons. The molecule has 0 saturated carbocycles. The van der Waals surface area contributed by atoms with Crippen LogP contribution in [-0.2, 0) is 0 Å². The van der Waals surface area contributed by atoms with Gasteiger partial charge < -0.3 is 0 Å². The van der Waals surface area contributed by atoms with Gasteiger partial charge in [0.15, 0.2) is 0 Å². The lowest BCUT2D eigenvalue weighted by Gasteiger charge is -2.22. The molecule has 2 nitrogen and oxygen atoms in total. The Hall–Kier alpha value is 0.160. The SMILES string of the molecule is CCC(CC)CC(NN)c1cc(Cl)ccc1I. The second kappa shape index (κ2) is 7.56. The van der Waals surface area contributed by atoms with Crippen LogP contribution in [0.2, 0.25) is 5.02 Å². The summed E-state index contributed by atoms with van der Waals surface area (Å²) in [6, 6.07) is 6.15. The Bertz CT molecular complexity index is 353. The maximum absolute atomic E-state index is 6.05. The molecule has 0 aliphatic heterocycles. The lowest BCUT2D eigenvalue weighted by molar-refractivity contribution is 0.374. The van der Waals surface area contributed by atoms with Crippen molar-refractivity contribution in [2.75, 3.05) is 0 Å². The highest BCUT2D eigenvalue weighted by Gasteiger charge is 2.17. The molecule has 1 rings (SSSR count). The molecule has 0 bridgehead atoms. The molecule has 0 spiro atoms. The minimum Gasteiger partial charge on any atom is -0.271 e. The van der Waals surface area contributed by atoms with Crippen LogP contribution >= 0.6 is 34.2 Å². The van der Waals surface area contributed by atoms with Gasteiger partial charge in [0.25, 0.3) is 0 Å². The summed E-state index contributed by atoms with van der Waals surface area (Å²) >= 11 is 8.38. The molecule has 0 saturated heterocycles. The summed E-state index contributed by atoms with van der Waals surface area (Å²) in [5.74, 6) is 6.38. The topological polar surface area (TPSA) is 38.0 Å². The summed E-state index contributed by atoms with van der Waals surface area (Å²) in [5.41, 5.74) is 4.12. The van der Waals surface area contributed by atoms with Crippen LogP contribution in [0.4, 0.5) is 0 Å². The average Bonchev–Trinajstić information content (AvgIpc) is 2.34. The van der Waals surface area contributed by atoms with E-state index in [1.165, 1.54) is 22.0 Å². The van der Waals surface area contributed by atoms with Crippen molar-refractivity contribution < 1.29 is 0 Å². The number of hydrazine groups is 1. The molecular formula is C13H20ClIN2. The van der Waals surface area contributed by atoms with E-state index in [1.54, 1.807) is 0 Å². The van der Waals surface area contributed by atoms with E-state index >= 15 is 0 Å². The van der Waals surface area contributed by atoms with Gasteiger partial charge in [-0.3, -0.25) is 11.3 Å². The number of nitrogens with one attached hydrogen (secondary N) is 1. The van der Waals surface area contributed by atoms with Gasteiger partial charge in [-0.25, -0.2) is 0 Å². The molecule has 0 aliphatic carbocycles. The van der Waals surface area contributed by atoms with Crippen LogP contribution in [0.5, 0.6) is 0 Å². The summed E-state index contributed by atoms with van der Waals surface area (Å²) < 4.78 is 1.21. The van der Waals surface area contributed by atoms with Crippen LogP contribution in [0.3, 0.4) is 0 Å². The second-order valence-electron chi connectivity index (χ2n) is 4.30. The zero-order valence-electron chi connectivity index (χ0n) is 10.3. The predicted octanol–water partition coefficient (Wildman–Crippen LogP) is 4.28.